The molecule has 0 radical (unpaired) electrons. The van der Waals surface area contributed by atoms with E-state index in [1.807, 2.05) is 12.1 Å². The fourth-order valence-electron chi connectivity index (χ4n) is 1.37. The van der Waals surface area contributed by atoms with Gasteiger partial charge in [-0.25, -0.2) is 0 Å². The molecule has 1 aliphatic heterocycles. The molecule has 0 N–H and O–H groups in total. The molecule has 0 bridgehead atoms. The molecule has 0 aliphatic carbocycles. The average molecular weight is 259 g/mol. The molecule has 1 aliphatic rings. The lowest BCUT2D eigenvalue weighted by molar-refractivity contribution is 1.01. The first kappa shape index (κ1) is 9.10. The topological polar surface area (TPSA) is 3.24 Å². The molecule has 0 fully saturated rings. The molecule has 0 unspecified atom stereocenters. The predicted octanol–water partition coefficient (Wildman–Crippen LogP) is 3.48. The van der Waals surface area contributed by atoms with Crippen LogP contribution in [0.15, 0.2) is 34.8 Å². The molecule has 0 amide bonds. The molecule has 3 heteroatoms. The molecule has 1 heterocycles. The summed E-state index contributed by atoms with van der Waals surface area (Å²) in [4.78, 5) is 2.28. The second-order valence-electron chi connectivity index (χ2n) is 2.97. The van der Waals surface area contributed by atoms with Crippen LogP contribution in [0.4, 0.5) is 5.69 Å². The van der Waals surface area contributed by atoms with Crippen LogP contribution in [0.5, 0.6) is 0 Å². The number of hydrogen-bond donors (Lipinski definition) is 0. The maximum Gasteiger partial charge on any atom is 0.0549 e. The van der Waals surface area contributed by atoms with Crippen LogP contribution < -0.4 is 4.90 Å². The monoisotopic (exact) mass is 257 g/mol. The van der Waals surface area contributed by atoms with Gasteiger partial charge >= 0.3 is 0 Å². The van der Waals surface area contributed by atoms with Gasteiger partial charge in [0.05, 0.1) is 5.02 Å². The van der Waals surface area contributed by atoms with Crippen molar-refractivity contribution >= 4 is 33.2 Å². The van der Waals surface area contributed by atoms with Crippen molar-refractivity contribution in [2.45, 2.75) is 0 Å². The van der Waals surface area contributed by atoms with E-state index in [1.165, 1.54) is 5.69 Å². The van der Waals surface area contributed by atoms with Gasteiger partial charge in [0.2, 0.25) is 0 Å². The Kier molecular flexibility index (Phi) is 2.61. The molecular formula is C10H9BrClN. The Balaban J connectivity index is 2.26. The molecule has 1 nitrogen and oxygen atoms in total. The SMILES string of the molecule is Clc1ccc(N2CC=CC2)cc1Br. The van der Waals surface area contributed by atoms with Gasteiger partial charge in [0.25, 0.3) is 0 Å². The van der Waals surface area contributed by atoms with Crippen molar-refractivity contribution in [2.24, 2.45) is 0 Å². The zero-order valence-electron chi connectivity index (χ0n) is 7.00. The molecule has 0 saturated carbocycles. The van der Waals surface area contributed by atoms with Crippen LogP contribution in [0.2, 0.25) is 5.02 Å². The predicted molar refractivity (Wildman–Crippen MR) is 60.5 cm³/mol. The highest BCUT2D eigenvalue weighted by Crippen LogP contribution is 2.28. The smallest absolute Gasteiger partial charge is 0.0549 e. The number of hydrogen-bond acceptors (Lipinski definition) is 1. The average Bonchev–Trinajstić information content (AvgIpc) is 2.62. The van der Waals surface area contributed by atoms with Crippen LogP contribution in [0.1, 0.15) is 0 Å². The molecule has 0 saturated heterocycles. The largest absolute Gasteiger partial charge is 0.364 e. The van der Waals surface area contributed by atoms with Crippen molar-refractivity contribution < 1.29 is 0 Å². The maximum atomic E-state index is 5.91. The molecular weight excluding hydrogens is 249 g/mol. The molecule has 0 aromatic heterocycles. The number of halogens is 2. The summed E-state index contributed by atoms with van der Waals surface area (Å²) < 4.78 is 0.957. The van der Waals surface area contributed by atoms with Crippen molar-refractivity contribution in [1.82, 2.24) is 0 Å². The van der Waals surface area contributed by atoms with E-state index >= 15 is 0 Å². The number of anilines is 1. The summed E-state index contributed by atoms with van der Waals surface area (Å²) in [6.45, 7) is 1.99. The Bertz CT molecular complexity index is 341. The zero-order chi connectivity index (χ0) is 9.26. The molecule has 0 spiro atoms. The fraction of sp³-hybridized carbons (Fsp3) is 0.200. The Labute approximate surface area is 91.1 Å². The lowest BCUT2D eigenvalue weighted by Gasteiger charge is -2.17. The van der Waals surface area contributed by atoms with E-state index in [-0.39, 0.29) is 0 Å². The summed E-state index contributed by atoms with van der Waals surface area (Å²) in [6.07, 6.45) is 4.34. The molecule has 1 aromatic rings. The summed E-state index contributed by atoms with van der Waals surface area (Å²) in [5, 5.41) is 0.760. The first-order valence-corrected chi connectivity index (χ1v) is 5.29. The highest BCUT2D eigenvalue weighted by Gasteiger charge is 2.08. The molecule has 1 aromatic carbocycles. The van der Waals surface area contributed by atoms with Crippen LogP contribution in [-0.4, -0.2) is 13.1 Å². The number of nitrogens with zero attached hydrogens (tertiary/aromatic N) is 1. The summed E-state index contributed by atoms with van der Waals surface area (Å²) in [5.41, 5.74) is 1.21. The highest BCUT2D eigenvalue weighted by atomic mass is 79.9. The molecule has 13 heavy (non-hydrogen) atoms. The van der Waals surface area contributed by atoms with E-state index in [4.69, 9.17) is 11.6 Å². The van der Waals surface area contributed by atoms with E-state index in [2.05, 4.69) is 39.0 Å². The van der Waals surface area contributed by atoms with Gasteiger partial charge in [0.1, 0.15) is 0 Å². The van der Waals surface area contributed by atoms with Crippen LogP contribution in [-0.2, 0) is 0 Å². The highest BCUT2D eigenvalue weighted by molar-refractivity contribution is 9.10. The van der Waals surface area contributed by atoms with Crippen molar-refractivity contribution in [1.29, 1.82) is 0 Å². The third kappa shape index (κ3) is 1.89. The van der Waals surface area contributed by atoms with Gasteiger partial charge in [-0.3, -0.25) is 0 Å². The molecule has 2 rings (SSSR count). The maximum absolute atomic E-state index is 5.91. The van der Waals surface area contributed by atoms with Crippen LogP contribution >= 0.6 is 27.5 Å². The second-order valence-corrected chi connectivity index (χ2v) is 4.24. The first-order valence-electron chi connectivity index (χ1n) is 4.12. The van der Waals surface area contributed by atoms with Crippen molar-refractivity contribution in [3.05, 3.63) is 39.8 Å². The van der Waals surface area contributed by atoms with E-state index < -0.39 is 0 Å². The first-order chi connectivity index (χ1) is 6.27. The number of benzene rings is 1. The van der Waals surface area contributed by atoms with Gasteiger partial charge in [-0.1, -0.05) is 23.8 Å². The zero-order valence-corrected chi connectivity index (χ0v) is 9.35. The standard InChI is InChI=1S/C10H9BrClN/c11-9-7-8(3-4-10(9)12)13-5-1-2-6-13/h1-4,7H,5-6H2. The fourth-order valence-corrected chi connectivity index (χ4v) is 1.85. The quantitative estimate of drug-likeness (QED) is 0.697. The van der Waals surface area contributed by atoms with Crippen molar-refractivity contribution in [2.75, 3.05) is 18.0 Å². The Morgan fingerprint density at radius 1 is 1.23 bits per heavy atom. The minimum absolute atomic E-state index is 0.760. The summed E-state index contributed by atoms with van der Waals surface area (Å²) in [6, 6.07) is 6.01. The summed E-state index contributed by atoms with van der Waals surface area (Å²) >= 11 is 9.32. The lowest BCUT2D eigenvalue weighted by Crippen LogP contribution is -2.18. The summed E-state index contributed by atoms with van der Waals surface area (Å²) in [7, 11) is 0. The number of rotatable bonds is 1. The van der Waals surface area contributed by atoms with Gasteiger partial charge in [0, 0.05) is 23.2 Å². The van der Waals surface area contributed by atoms with E-state index in [1.54, 1.807) is 0 Å². The van der Waals surface area contributed by atoms with E-state index in [0.717, 1.165) is 22.6 Å². The van der Waals surface area contributed by atoms with Gasteiger partial charge in [-0.05, 0) is 34.1 Å². The third-order valence-electron chi connectivity index (χ3n) is 2.09. The minimum Gasteiger partial charge on any atom is -0.364 e. The second kappa shape index (κ2) is 3.72. The van der Waals surface area contributed by atoms with Crippen molar-refractivity contribution in [3.63, 3.8) is 0 Å². The van der Waals surface area contributed by atoms with Gasteiger partial charge in [-0.15, -0.1) is 0 Å². The third-order valence-corrected chi connectivity index (χ3v) is 3.30. The Hall–Kier alpha value is -0.470. The summed E-state index contributed by atoms with van der Waals surface area (Å²) in [5.74, 6) is 0. The van der Waals surface area contributed by atoms with Gasteiger partial charge in [-0.2, -0.15) is 0 Å². The lowest BCUT2D eigenvalue weighted by atomic mass is 10.3. The van der Waals surface area contributed by atoms with Crippen LogP contribution in [0.25, 0.3) is 0 Å². The Morgan fingerprint density at radius 3 is 2.54 bits per heavy atom. The molecule has 68 valence electrons. The molecule has 0 atom stereocenters. The van der Waals surface area contributed by atoms with Gasteiger partial charge < -0.3 is 4.90 Å². The Morgan fingerprint density at radius 2 is 1.92 bits per heavy atom. The van der Waals surface area contributed by atoms with Crippen LogP contribution in [0, 0.1) is 0 Å². The van der Waals surface area contributed by atoms with E-state index in [0.29, 0.717) is 0 Å². The minimum atomic E-state index is 0.760. The van der Waals surface area contributed by atoms with Gasteiger partial charge in [0.15, 0.2) is 0 Å². The van der Waals surface area contributed by atoms with E-state index in [9.17, 15) is 0 Å². The van der Waals surface area contributed by atoms with Crippen molar-refractivity contribution in [3.8, 4) is 0 Å². The normalized spacial score (nSPS) is 15.4. The van der Waals surface area contributed by atoms with Crippen LogP contribution in [0.3, 0.4) is 0 Å².